The Bertz CT molecular complexity index is 620. The first kappa shape index (κ1) is 14.9. The average Bonchev–Trinajstić information content (AvgIpc) is 2.56. The van der Waals surface area contributed by atoms with Gasteiger partial charge in [0.25, 0.3) is 0 Å². The predicted octanol–water partition coefficient (Wildman–Crippen LogP) is 2.86. The Morgan fingerprint density at radius 2 is 2.05 bits per heavy atom. The number of hydrogen-bond acceptors (Lipinski definition) is 3. The summed E-state index contributed by atoms with van der Waals surface area (Å²) in [7, 11) is -4.55. The Morgan fingerprint density at radius 1 is 1.37 bits per heavy atom. The van der Waals surface area contributed by atoms with Crippen molar-refractivity contribution in [1.82, 2.24) is 0 Å². The van der Waals surface area contributed by atoms with Crippen molar-refractivity contribution in [2.45, 2.75) is 6.42 Å². The highest BCUT2D eigenvalue weighted by Crippen LogP contribution is 2.33. The van der Waals surface area contributed by atoms with Crippen LogP contribution in [0.2, 0.25) is 0 Å². The van der Waals surface area contributed by atoms with Crippen LogP contribution in [0.5, 0.6) is 0 Å². The quantitative estimate of drug-likeness (QED) is 0.714. The van der Waals surface area contributed by atoms with Gasteiger partial charge in [0.2, 0.25) is 5.91 Å². The number of benzene rings is 1. The Balaban J connectivity index is 2.20. The summed E-state index contributed by atoms with van der Waals surface area (Å²) >= 11 is 6.66. The van der Waals surface area contributed by atoms with Gasteiger partial charge in [-0.1, -0.05) is 15.9 Å². The zero-order valence-electron chi connectivity index (χ0n) is 9.64. The highest BCUT2D eigenvalue weighted by Gasteiger charge is 2.34. The second-order valence-electron chi connectivity index (χ2n) is 4.38. The lowest BCUT2D eigenvalue weighted by molar-refractivity contribution is -0.117. The summed E-state index contributed by atoms with van der Waals surface area (Å²) in [6, 6.07) is 5.33. The van der Waals surface area contributed by atoms with E-state index in [0.717, 1.165) is 8.95 Å². The Hall–Kier alpha value is -0.470. The van der Waals surface area contributed by atoms with Crippen LogP contribution in [-0.2, 0) is 15.0 Å². The van der Waals surface area contributed by atoms with Crippen molar-refractivity contribution < 1.29 is 17.1 Å². The van der Waals surface area contributed by atoms with Crippen LogP contribution in [0.3, 0.4) is 0 Å². The highest BCUT2D eigenvalue weighted by molar-refractivity contribution is 9.11. The number of anilines is 1. The van der Waals surface area contributed by atoms with Crippen LogP contribution in [0.4, 0.5) is 9.57 Å². The fourth-order valence-electron chi connectivity index (χ4n) is 2.11. The van der Waals surface area contributed by atoms with Crippen molar-refractivity contribution >= 4 is 53.7 Å². The van der Waals surface area contributed by atoms with Gasteiger partial charge in [0, 0.05) is 27.8 Å². The molecule has 1 aromatic carbocycles. The molecule has 1 amide bonds. The Kier molecular flexibility index (Phi) is 4.32. The summed E-state index contributed by atoms with van der Waals surface area (Å²) in [5.74, 6) is -1.31. The van der Waals surface area contributed by atoms with Gasteiger partial charge >= 0.3 is 10.2 Å². The van der Waals surface area contributed by atoms with Crippen LogP contribution in [0, 0.1) is 5.92 Å². The average molecular weight is 415 g/mol. The van der Waals surface area contributed by atoms with E-state index in [-0.39, 0.29) is 18.9 Å². The van der Waals surface area contributed by atoms with Crippen molar-refractivity contribution in [2.24, 2.45) is 5.92 Å². The number of carbonyl (C=O) groups excluding carboxylic acids is 1. The van der Waals surface area contributed by atoms with Crippen molar-refractivity contribution in [2.75, 3.05) is 17.2 Å². The largest absolute Gasteiger partial charge is 0.311 e. The fraction of sp³-hybridized carbons (Fsp3) is 0.364. The molecule has 1 atom stereocenters. The molecule has 1 saturated heterocycles. The van der Waals surface area contributed by atoms with Gasteiger partial charge in [-0.3, -0.25) is 4.79 Å². The van der Waals surface area contributed by atoms with Crippen molar-refractivity contribution in [3.63, 3.8) is 0 Å². The molecule has 104 valence electrons. The molecule has 19 heavy (non-hydrogen) atoms. The molecular formula is C11H10Br2FNO3S. The minimum Gasteiger partial charge on any atom is -0.311 e. The standard InChI is InChI=1S/C11H10Br2FNO3S/c12-8-1-2-10(9(13)4-8)15-5-7(3-11(15)16)6-19(14,17)18/h1-2,4,7H,3,5-6H2. The number of carbonyl (C=O) groups is 1. The zero-order valence-corrected chi connectivity index (χ0v) is 13.6. The molecule has 0 radical (unpaired) electrons. The number of hydrogen-bond donors (Lipinski definition) is 0. The summed E-state index contributed by atoms with van der Waals surface area (Å²) in [6.07, 6.45) is 0.0473. The lowest BCUT2D eigenvalue weighted by Gasteiger charge is -2.18. The molecule has 0 N–H and O–H groups in total. The molecule has 2 rings (SSSR count). The number of amides is 1. The van der Waals surface area contributed by atoms with Crippen molar-refractivity contribution in [3.8, 4) is 0 Å². The predicted molar refractivity (Wildman–Crippen MR) is 77.2 cm³/mol. The lowest BCUT2D eigenvalue weighted by Crippen LogP contribution is -2.25. The van der Waals surface area contributed by atoms with Gasteiger partial charge in [0.1, 0.15) is 0 Å². The molecule has 1 fully saturated rings. The van der Waals surface area contributed by atoms with E-state index in [1.807, 2.05) is 0 Å². The maximum absolute atomic E-state index is 12.7. The molecule has 8 heteroatoms. The van der Waals surface area contributed by atoms with Crippen LogP contribution in [-0.4, -0.2) is 26.6 Å². The van der Waals surface area contributed by atoms with Gasteiger partial charge in [0.15, 0.2) is 0 Å². The molecule has 0 spiro atoms. The number of rotatable bonds is 3. The van der Waals surface area contributed by atoms with E-state index in [1.54, 1.807) is 18.2 Å². The van der Waals surface area contributed by atoms with Crippen molar-refractivity contribution in [1.29, 1.82) is 0 Å². The third-order valence-electron chi connectivity index (χ3n) is 2.84. The van der Waals surface area contributed by atoms with Crippen LogP contribution < -0.4 is 4.90 Å². The minimum absolute atomic E-state index is 0.0473. The molecule has 0 saturated carbocycles. The van der Waals surface area contributed by atoms with Gasteiger partial charge in [-0.2, -0.15) is 8.42 Å². The van der Waals surface area contributed by atoms with E-state index in [1.165, 1.54) is 4.90 Å². The maximum atomic E-state index is 12.7. The summed E-state index contributed by atoms with van der Waals surface area (Å²) in [5.41, 5.74) is 0.659. The minimum atomic E-state index is -4.55. The Labute approximate surface area is 127 Å². The fourth-order valence-corrected chi connectivity index (χ4v) is 4.16. The van der Waals surface area contributed by atoms with Crippen LogP contribution in [0.25, 0.3) is 0 Å². The monoisotopic (exact) mass is 413 g/mol. The molecule has 4 nitrogen and oxygen atoms in total. The first-order valence-corrected chi connectivity index (χ1v) is 8.58. The van der Waals surface area contributed by atoms with Crippen LogP contribution in [0.1, 0.15) is 6.42 Å². The molecule has 1 aliphatic heterocycles. The van der Waals surface area contributed by atoms with E-state index in [9.17, 15) is 17.1 Å². The summed E-state index contributed by atoms with van der Waals surface area (Å²) in [5, 5.41) is 0. The van der Waals surface area contributed by atoms with Crippen LogP contribution >= 0.6 is 31.9 Å². The first-order chi connectivity index (χ1) is 8.76. The van der Waals surface area contributed by atoms with E-state index < -0.39 is 21.9 Å². The van der Waals surface area contributed by atoms with Crippen LogP contribution in [0.15, 0.2) is 27.1 Å². The van der Waals surface area contributed by atoms with E-state index in [4.69, 9.17) is 0 Å². The van der Waals surface area contributed by atoms with E-state index in [0.29, 0.717) is 5.69 Å². The third-order valence-corrected chi connectivity index (χ3v) is 4.84. The molecule has 0 bridgehead atoms. The van der Waals surface area contributed by atoms with Gasteiger partial charge in [0.05, 0.1) is 11.4 Å². The van der Waals surface area contributed by atoms with Gasteiger partial charge < -0.3 is 4.90 Å². The lowest BCUT2D eigenvalue weighted by atomic mass is 10.1. The molecule has 1 unspecified atom stereocenters. The summed E-state index contributed by atoms with van der Waals surface area (Å²) < 4.78 is 35.5. The molecular weight excluding hydrogens is 405 g/mol. The second kappa shape index (κ2) is 5.49. The van der Waals surface area contributed by atoms with E-state index in [2.05, 4.69) is 31.9 Å². The molecule has 1 aliphatic rings. The Morgan fingerprint density at radius 3 is 2.63 bits per heavy atom. The molecule has 1 heterocycles. The normalized spacial score (nSPS) is 20.1. The molecule has 0 aliphatic carbocycles. The van der Waals surface area contributed by atoms with Crippen molar-refractivity contribution in [3.05, 3.63) is 27.1 Å². The summed E-state index contributed by atoms with van der Waals surface area (Å²) in [4.78, 5) is 13.4. The van der Waals surface area contributed by atoms with Gasteiger partial charge in [-0.25, -0.2) is 0 Å². The maximum Gasteiger partial charge on any atom is 0.302 e. The molecule has 1 aromatic rings. The van der Waals surface area contributed by atoms with Gasteiger partial charge in [-0.05, 0) is 34.1 Å². The SMILES string of the molecule is O=C1CC(CS(=O)(=O)F)CN1c1ccc(Br)cc1Br. The number of halogens is 3. The topological polar surface area (TPSA) is 54.5 Å². The number of nitrogens with zero attached hydrogens (tertiary/aromatic N) is 1. The van der Waals surface area contributed by atoms with Gasteiger partial charge in [-0.15, -0.1) is 3.89 Å². The summed E-state index contributed by atoms with van der Waals surface area (Å²) in [6.45, 7) is 0.211. The molecule has 0 aromatic heterocycles. The third kappa shape index (κ3) is 3.76. The first-order valence-electron chi connectivity index (χ1n) is 5.44. The smallest absolute Gasteiger partial charge is 0.302 e. The second-order valence-corrected chi connectivity index (χ2v) is 7.56. The zero-order chi connectivity index (χ0) is 14.2. The highest BCUT2D eigenvalue weighted by atomic mass is 79.9. The van der Waals surface area contributed by atoms with E-state index >= 15 is 0 Å².